The summed E-state index contributed by atoms with van der Waals surface area (Å²) in [5, 5.41) is 24.3. The second kappa shape index (κ2) is 8.83. The third kappa shape index (κ3) is 3.79. The van der Waals surface area contributed by atoms with E-state index in [9.17, 15) is 19.3 Å². The van der Waals surface area contributed by atoms with Crippen molar-refractivity contribution in [2.45, 2.75) is 25.3 Å². The predicted molar refractivity (Wildman–Crippen MR) is 116 cm³/mol. The van der Waals surface area contributed by atoms with Crippen molar-refractivity contribution in [3.05, 3.63) is 48.6 Å². The van der Waals surface area contributed by atoms with E-state index in [1.165, 1.54) is 6.33 Å². The Hall–Kier alpha value is -4.45. The molecule has 1 aliphatic heterocycles. The molecule has 5 heterocycles. The molecule has 0 saturated carbocycles. The number of aromatic nitrogens is 7. The zero-order valence-electron chi connectivity index (χ0n) is 17.8. The standard InChI is InChI=1S/C22H18F2N10/c23-20(24)17-9-28-22(16(7-26)32-17)33-6-3-13(10-33)18(1-4-25)34-11-14(8-31-34)19-15-2-5-27-21(15)30-12-29-19/h2,5,8-9,11-13,18,20H,1,3,6,10H2,(H,27,29,30). The maximum absolute atomic E-state index is 12.9. The average molecular weight is 460 g/mol. The number of aromatic amines is 1. The third-order valence-electron chi connectivity index (χ3n) is 6.04. The van der Waals surface area contributed by atoms with Gasteiger partial charge in [0.05, 0.1) is 36.6 Å². The number of nitrogens with zero attached hydrogens (tertiary/aromatic N) is 9. The summed E-state index contributed by atoms with van der Waals surface area (Å²) in [5.41, 5.74) is 1.63. The molecule has 0 aromatic carbocycles. The van der Waals surface area contributed by atoms with E-state index in [1.807, 2.05) is 23.2 Å². The minimum absolute atomic E-state index is 0.0354. The summed E-state index contributed by atoms with van der Waals surface area (Å²) < 4.78 is 27.7. The summed E-state index contributed by atoms with van der Waals surface area (Å²) in [6.07, 6.45) is 6.04. The summed E-state index contributed by atoms with van der Waals surface area (Å²) in [4.78, 5) is 21.4. The number of nitriles is 2. The lowest BCUT2D eigenvalue weighted by atomic mass is 9.96. The van der Waals surface area contributed by atoms with E-state index in [2.05, 4.69) is 36.1 Å². The Morgan fingerprint density at radius 3 is 2.88 bits per heavy atom. The Labute approximate surface area is 192 Å². The Morgan fingerprint density at radius 1 is 1.21 bits per heavy atom. The first kappa shape index (κ1) is 21.4. The first-order valence-electron chi connectivity index (χ1n) is 10.6. The maximum atomic E-state index is 12.9. The highest BCUT2D eigenvalue weighted by Crippen LogP contribution is 2.34. The number of rotatable bonds is 6. The second-order valence-electron chi connectivity index (χ2n) is 7.98. The minimum atomic E-state index is -2.80. The zero-order chi connectivity index (χ0) is 23.7. The molecule has 0 amide bonds. The Morgan fingerprint density at radius 2 is 2.09 bits per heavy atom. The van der Waals surface area contributed by atoms with Crippen molar-refractivity contribution in [3.8, 4) is 23.4 Å². The van der Waals surface area contributed by atoms with E-state index in [4.69, 9.17) is 0 Å². The predicted octanol–water partition coefficient (Wildman–Crippen LogP) is 3.40. The van der Waals surface area contributed by atoms with Gasteiger partial charge in [0.1, 0.15) is 23.7 Å². The topological polar surface area (TPSA) is 136 Å². The van der Waals surface area contributed by atoms with Gasteiger partial charge >= 0.3 is 0 Å². The molecule has 1 saturated heterocycles. The van der Waals surface area contributed by atoms with Gasteiger partial charge in [0.2, 0.25) is 0 Å². The van der Waals surface area contributed by atoms with Crippen LogP contribution < -0.4 is 4.90 Å². The van der Waals surface area contributed by atoms with E-state index in [0.29, 0.717) is 13.1 Å². The van der Waals surface area contributed by atoms with Crippen LogP contribution in [0.25, 0.3) is 22.3 Å². The number of fused-ring (bicyclic) bond motifs is 1. The van der Waals surface area contributed by atoms with Gasteiger partial charge in [0.25, 0.3) is 6.43 Å². The molecule has 4 aromatic heterocycles. The molecule has 1 N–H and O–H groups in total. The smallest absolute Gasteiger partial charge is 0.281 e. The first-order chi connectivity index (χ1) is 16.6. The van der Waals surface area contributed by atoms with Crippen LogP contribution >= 0.6 is 0 Å². The van der Waals surface area contributed by atoms with Crippen molar-refractivity contribution >= 4 is 16.9 Å². The van der Waals surface area contributed by atoms with Gasteiger partial charge < -0.3 is 9.88 Å². The highest BCUT2D eigenvalue weighted by molar-refractivity contribution is 5.89. The van der Waals surface area contributed by atoms with Gasteiger partial charge in [-0.3, -0.25) is 4.68 Å². The van der Waals surface area contributed by atoms with Crippen LogP contribution in [0.1, 0.15) is 36.7 Å². The lowest BCUT2D eigenvalue weighted by molar-refractivity contribution is 0.145. The van der Waals surface area contributed by atoms with Crippen molar-refractivity contribution in [1.29, 1.82) is 10.5 Å². The lowest BCUT2D eigenvalue weighted by Gasteiger charge is -2.23. The molecule has 2 atom stereocenters. The monoisotopic (exact) mass is 460 g/mol. The highest BCUT2D eigenvalue weighted by Gasteiger charge is 2.33. The largest absolute Gasteiger partial charge is 0.354 e. The van der Waals surface area contributed by atoms with Gasteiger partial charge in [-0.15, -0.1) is 0 Å². The number of H-pyrrole nitrogens is 1. The van der Waals surface area contributed by atoms with Crippen LogP contribution in [0.15, 0.2) is 37.2 Å². The van der Waals surface area contributed by atoms with Crippen molar-refractivity contribution in [2.75, 3.05) is 18.0 Å². The number of alkyl halides is 2. The highest BCUT2D eigenvalue weighted by atomic mass is 19.3. The normalized spacial score (nSPS) is 16.6. The molecule has 1 fully saturated rings. The van der Waals surface area contributed by atoms with Crippen LogP contribution in [0.2, 0.25) is 0 Å². The Bertz CT molecular complexity index is 1410. The molecule has 0 aliphatic carbocycles. The summed E-state index contributed by atoms with van der Waals surface area (Å²) >= 11 is 0. The molecule has 12 heteroatoms. The molecule has 0 radical (unpaired) electrons. The molecular formula is C22H18F2N10. The lowest BCUT2D eigenvalue weighted by Crippen LogP contribution is -2.26. The molecule has 0 spiro atoms. The van der Waals surface area contributed by atoms with Crippen molar-refractivity contribution in [1.82, 2.24) is 34.7 Å². The first-order valence-corrected chi connectivity index (χ1v) is 10.6. The summed E-state index contributed by atoms with van der Waals surface area (Å²) in [7, 11) is 0. The fourth-order valence-corrected chi connectivity index (χ4v) is 4.42. The van der Waals surface area contributed by atoms with E-state index in [-0.39, 0.29) is 29.9 Å². The van der Waals surface area contributed by atoms with Crippen LogP contribution in [0.4, 0.5) is 14.6 Å². The SMILES string of the molecule is N#CCC(C1CCN(c2ncc(C(F)F)nc2C#N)C1)n1cc(-c2ncnc3[nH]ccc23)cn1. The zero-order valence-corrected chi connectivity index (χ0v) is 17.8. The molecule has 34 heavy (non-hydrogen) atoms. The number of nitrogens with one attached hydrogen (secondary N) is 1. The van der Waals surface area contributed by atoms with Crippen LogP contribution in [0.5, 0.6) is 0 Å². The summed E-state index contributed by atoms with van der Waals surface area (Å²) in [6, 6.07) is 5.79. The van der Waals surface area contributed by atoms with Gasteiger partial charge in [0, 0.05) is 42.4 Å². The molecule has 5 rings (SSSR count). The van der Waals surface area contributed by atoms with E-state index < -0.39 is 12.1 Å². The van der Waals surface area contributed by atoms with E-state index in [1.54, 1.807) is 17.1 Å². The molecular weight excluding hydrogens is 442 g/mol. The van der Waals surface area contributed by atoms with Crippen LogP contribution in [-0.4, -0.2) is 47.8 Å². The van der Waals surface area contributed by atoms with Crippen LogP contribution in [0.3, 0.4) is 0 Å². The Balaban J connectivity index is 1.40. The maximum Gasteiger partial charge on any atom is 0.281 e. The average Bonchev–Trinajstić information content (AvgIpc) is 3.62. The molecule has 1 aliphatic rings. The fourth-order valence-electron chi connectivity index (χ4n) is 4.42. The minimum Gasteiger partial charge on any atom is -0.354 e. The number of hydrogen-bond donors (Lipinski definition) is 1. The number of anilines is 1. The molecule has 170 valence electrons. The summed E-state index contributed by atoms with van der Waals surface area (Å²) in [5.74, 6) is 0.315. The van der Waals surface area contributed by atoms with Gasteiger partial charge in [-0.1, -0.05) is 0 Å². The molecule has 4 aromatic rings. The van der Waals surface area contributed by atoms with Crippen molar-refractivity contribution in [2.24, 2.45) is 5.92 Å². The van der Waals surface area contributed by atoms with Gasteiger partial charge in [0.15, 0.2) is 11.5 Å². The van der Waals surface area contributed by atoms with Gasteiger partial charge in [-0.05, 0) is 12.5 Å². The molecule has 0 bridgehead atoms. The quantitative estimate of drug-likeness (QED) is 0.462. The Kier molecular flexibility index (Phi) is 5.55. The molecule has 10 nitrogen and oxygen atoms in total. The number of halogens is 2. The number of hydrogen-bond acceptors (Lipinski definition) is 8. The molecule has 2 unspecified atom stereocenters. The van der Waals surface area contributed by atoms with Gasteiger partial charge in [-0.2, -0.15) is 15.6 Å². The van der Waals surface area contributed by atoms with E-state index in [0.717, 1.165) is 34.9 Å². The third-order valence-corrected chi connectivity index (χ3v) is 6.04. The summed E-state index contributed by atoms with van der Waals surface area (Å²) in [6.45, 7) is 1.06. The van der Waals surface area contributed by atoms with Crippen molar-refractivity contribution < 1.29 is 8.78 Å². The van der Waals surface area contributed by atoms with Gasteiger partial charge in [-0.25, -0.2) is 28.7 Å². The van der Waals surface area contributed by atoms with E-state index >= 15 is 0 Å². The second-order valence-corrected chi connectivity index (χ2v) is 7.98. The fraction of sp³-hybridized carbons (Fsp3) is 0.318. The van der Waals surface area contributed by atoms with Crippen LogP contribution in [0, 0.1) is 28.6 Å². The van der Waals surface area contributed by atoms with Crippen molar-refractivity contribution in [3.63, 3.8) is 0 Å². The van der Waals surface area contributed by atoms with Crippen LogP contribution in [-0.2, 0) is 0 Å².